The van der Waals surface area contributed by atoms with Crippen molar-refractivity contribution in [2.24, 2.45) is 0 Å². The normalized spacial score (nSPS) is 13.7. The van der Waals surface area contributed by atoms with Gasteiger partial charge in [-0.2, -0.15) is 0 Å². The van der Waals surface area contributed by atoms with Crippen molar-refractivity contribution in [3.63, 3.8) is 0 Å². The Balaban J connectivity index is 1.84. The molecule has 0 bridgehead atoms. The van der Waals surface area contributed by atoms with E-state index in [2.05, 4.69) is 4.74 Å². The van der Waals surface area contributed by atoms with E-state index >= 15 is 0 Å². The molecule has 0 fully saturated rings. The third-order valence-electron chi connectivity index (χ3n) is 3.95. The molecular weight excluding hydrogens is 352 g/mol. The molecule has 0 spiro atoms. The first-order valence-electron chi connectivity index (χ1n) is 8.05. The summed E-state index contributed by atoms with van der Waals surface area (Å²) in [4.78, 5) is 23.7. The Morgan fingerprint density at radius 3 is 2.52 bits per heavy atom. The Morgan fingerprint density at radius 1 is 1.04 bits per heavy atom. The lowest BCUT2D eigenvalue weighted by molar-refractivity contribution is -0.142. The van der Waals surface area contributed by atoms with Crippen molar-refractivity contribution in [2.45, 2.75) is 0 Å². The Hall–Kier alpha value is -3.48. The topological polar surface area (TPSA) is 80.3 Å². The van der Waals surface area contributed by atoms with Crippen LogP contribution in [0.1, 0.15) is 15.9 Å². The lowest BCUT2D eigenvalue weighted by Gasteiger charge is -2.08. The Morgan fingerprint density at radius 2 is 1.81 bits per heavy atom. The van der Waals surface area contributed by atoms with Gasteiger partial charge < -0.3 is 23.7 Å². The molecule has 0 atom stereocenters. The number of hydrogen-bond acceptors (Lipinski definition) is 7. The van der Waals surface area contributed by atoms with Crippen molar-refractivity contribution in [1.29, 1.82) is 0 Å². The number of allylic oxidation sites excluding steroid dienone is 1. The quantitative estimate of drug-likeness (QED) is 0.571. The van der Waals surface area contributed by atoms with E-state index in [-0.39, 0.29) is 18.1 Å². The fourth-order valence-corrected chi connectivity index (χ4v) is 2.54. The van der Waals surface area contributed by atoms with Gasteiger partial charge in [-0.3, -0.25) is 4.79 Å². The van der Waals surface area contributed by atoms with Crippen molar-refractivity contribution in [3.05, 3.63) is 53.3 Å². The van der Waals surface area contributed by atoms with Crippen LogP contribution in [-0.2, 0) is 9.53 Å². The fourth-order valence-electron chi connectivity index (χ4n) is 2.54. The van der Waals surface area contributed by atoms with Crippen LogP contribution in [0.2, 0.25) is 0 Å². The predicted molar refractivity (Wildman–Crippen MR) is 96.4 cm³/mol. The molecule has 1 aliphatic heterocycles. The number of esters is 1. The van der Waals surface area contributed by atoms with Gasteiger partial charge in [0.2, 0.25) is 5.78 Å². The van der Waals surface area contributed by atoms with Crippen LogP contribution in [0.25, 0.3) is 6.08 Å². The number of hydrogen-bond donors (Lipinski definition) is 0. The van der Waals surface area contributed by atoms with E-state index in [4.69, 9.17) is 18.9 Å². The number of fused-ring (bicyclic) bond motifs is 1. The van der Waals surface area contributed by atoms with Crippen LogP contribution in [0.3, 0.4) is 0 Å². The lowest BCUT2D eigenvalue weighted by atomic mass is 10.1. The van der Waals surface area contributed by atoms with Crippen molar-refractivity contribution in [3.8, 4) is 23.0 Å². The van der Waals surface area contributed by atoms with Gasteiger partial charge in [0.1, 0.15) is 23.0 Å². The maximum Gasteiger partial charge on any atom is 0.343 e. The lowest BCUT2D eigenvalue weighted by Crippen LogP contribution is -2.12. The number of ether oxygens (including phenoxy) is 5. The van der Waals surface area contributed by atoms with Crippen molar-refractivity contribution < 1.29 is 33.3 Å². The number of methoxy groups -OCH3 is 3. The van der Waals surface area contributed by atoms with Gasteiger partial charge in [-0.25, -0.2) is 4.79 Å². The third-order valence-corrected chi connectivity index (χ3v) is 3.95. The van der Waals surface area contributed by atoms with Crippen LogP contribution >= 0.6 is 0 Å². The predicted octanol–water partition coefficient (Wildman–Crippen LogP) is 2.87. The number of Topliss-reactive ketones (excluding diaryl/α,β-unsaturated/α-hetero) is 1. The zero-order valence-corrected chi connectivity index (χ0v) is 15.1. The average molecular weight is 370 g/mol. The molecule has 140 valence electrons. The van der Waals surface area contributed by atoms with Crippen LogP contribution in [-0.4, -0.2) is 39.7 Å². The summed E-state index contributed by atoms with van der Waals surface area (Å²) in [6.45, 7) is -0.227. The molecule has 2 aromatic carbocycles. The monoisotopic (exact) mass is 370 g/mol. The first-order chi connectivity index (χ1) is 13.0. The molecule has 1 heterocycles. The minimum Gasteiger partial charge on any atom is -0.497 e. The van der Waals surface area contributed by atoms with Gasteiger partial charge in [0.05, 0.1) is 26.9 Å². The van der Waals surface area contributed by atoms with E-state index < -0.39 is 5.97 Å². The van der Waals surface area contributed by atoms with Crippen molar-refractivity contribution >= 4 is 17.8 Å². The molecule has 0 radical (unpaired) electrons. The number of ketones is 1. The van der Waals surface area contributed by atoms with E-state index in [1.54, 1.807) is 49.6 Å². The maximum atomic E-state index is 12.6. The van der Waals surface area contributed by atoms with E-state index in [0.717, 1.165) is 0 Å². The van der Waals surface area contributed by atoms with Gasteiger partial charge in [-0.1, -0.05) is 0 Å². The largest absolute Gasteiger partial charge is 0.497 e. The van der Waals surface area contributed by atoms with Gasteiger partial charge in [0, 0.05) is 17.7 Å². The summed E-state index contributed by atoms with van der Waals surface area (Å²) in [6, 6.07) is 10.0. The van der Waals surface area contributed by atoms with Crippen molar-refractivity contribution in [1.82, 2.24) is 0 Å². The van der Waals surface area contributed by atoms with Gasteiger partial charge in [-0.15, -0.1) is 0 Å². The minimum atomic E-state index is -0.500. The average Bonchev–Trinajstić information content (AvgIpc) is 3.01. The summed E-state index contributed by atoms with van der Waals surface area (Å²) < 4.78 is 26.0. The molecule has 27 heavy (non-hydrogen) atoms. The first-order valence-corrected chi connectivity index (χ1v) is 8.05. The molecule has 0 N–H and O–H groups in total. The molecule has 3 rings (SSSR count). The highest BCUT2D eigenvalue weighted by Gasteiger charge is 2.28. The minimum absolute atomic E-state index is 0.165. The van der Waals surface area contributed by atoms with Crippen LogP contribution in [0.5, 0.6) is 23.0 Å². The Bertz CT molecular complexity index is 915. The standard InChI is InChI=1S/C20H18O7/c1-23-13-5-4-12(16(9-13)24-2)8-18-20(22)15-7-6-14(10-17(15)27-18)26-11-19(21)25-3/h4-10H,11H2,1-3H3/b18-8+. The highest BCUT2D eigenvalue weighted by Crippen LogP contribution is 2.36. The molecule has 0 saturated heterocycles. The van der Waals surface area contributed by atoms with Crippen LogP contribution < -0.4 is 18.9 Å². The molecule has 0 unspecified atom stereocenters. The summed E-state index contributed by atoms with van der Waals surface area (Å²) in [5.74, 6) is 1.37. The highest BCUT2D eigenvalue weighted by molar-refractivity contribution is 6.14. The molecular formula is C20H18O7. The zero-order valence-electron chi connectivity index (χ0n) is 15.1. The molecule has 0 amide bonds. The summed E-state index contributed by atoms with van der Waals surface area (Å²) >= 11 is 0. The number of benzene rings is 2. The third kappa shape index (κ3) is 3.87. The second kappa shape index (κ2) is 7.82. The van der Waals surface area contributed by atoms with Gasteiger partial charge >= 0.3 is 5.97 Å². The van der Waals surface area contributed by atoms with E-state index in [9.17, 15) is 9.59 Å². The number of carbonyl (C=O) groups excluding carboxylic acids is 2. The summed E-state index contributed by atoms with van der Waals surface area (Å²) in [5.41, 5.74) is 1.09. The van der Waals surface area contributed by atoms with E-state index in [1.165, 1.54) is 14.2 Å². The van der Waals surface area contributed by atoms with Crippen LogP contribution in [0.15, 0.2) is 42.2 Å². The number of carbonyl (C=O) groups is 2. The molecule has 2 aromatic rings. The zero-order chi connectivity index (χ0) is 19.4. The summed E-state index contributed by atoms with van der Waals surface area (Å²) in [7, 11) is 4.38. The number of rotatable bonds is 6. The summed E-state index contributed by atoms with van der Waals surface area (Å²) in [6.07, 6.45) is 1.61. The highest BCUT2D eigenvalue weighted by atomic mass is 16.6. The fraction of sp³-hybridized carbons (Fsp3) is 0.200. The molecule has 0 aromatic heterocycles. The van der Waals surface area contributed by atoms with Crippen molar-refractivity contribution in [2.75, 3.05) is 27.9 Å². The van der Waals surface area contributed by atoms with Gasteiger partial charge in [0.15, 0.2) is 12.4 Å². The molecule has 0 aliphatic carbocycles. The molecule has 7 heteroatoms. The van der Waals surface area contributed by atoms with Crippen LogP contribution in [0, 0.1) is 0 Å². The SMILES string of the molecule is COC(=O)COc1ccc2c(c1)O/C(=C/c1ccc(OC)cc1OC)C2=O. The smallest absolute Gasteiger partial charge is 0.343 e. The first kappa shape index (κ1) is 18.3. The van der Waals surface area contributed by atoms with Gasteiger partial charge in [0.25, 0.3) is 0 Å². The molecule has 7 nitrogen and oxygen atoms in total. The van der Waals surface area contributed by atoms with Gasteiger partial charge in [-0.05, 0) is 30.3 Å². The Labute approximate surface area is 156 Å². The second-order valence-corrected chi connectivity index (χ2v) is 5.57. The Kier molecular flexibility index (Phi) is 5.30. The molecule has 0 saturated carbocycles. The van der Waals surface area contributed by atoms with Crippen LogP contribution in [0.4, 0.5) is 0 Å². The van der Waals surface area contributed by atoms with E-state index in [1.807, 2.05) is 0 Å². The maximum absolute atomic E-state index is 12.6. The second-order valence-electron chi connectivity index (χ2n) is 5.57. The summed E-state index contributed by atoms with van der Waals surface area (Å²) in [5, 5.41) is 0. The van der Waals surface area contributed by atoms with E-state index in [0.29, 0.717) is 34.1 Å². The molecule has 1 aliphatic rings.